The second-order valence-electron chi connectivity index (χ2n) is 5.89. The van der Waals surface area contributed by atoms with E-state index < -0.39 is 0 Å². The van der Waals surface area contributed by atoms with Crippen molar-refractivity contribution in [3.05, 3.63) is 30.1 Å². The summed E-state index contributed by atoms with van der Waals surface area (Å²) in [6.07, 6.45) is 6.12. The summed E-state index contributed by atoms with van der Waals surface area (Å²) in [6, 6.07) is 3.94. The smallest absolute Gasteiger partial charge is 0.223 e. The minimum Gasteiger partial charge on any atom is -0.391 e. The third-order valence-electron chi connectivity index (χ3n) is 3.74. The van der Waals surface area contributed by atoms with Crippen LogP contribution < -0.4 is 0 Å². The quantitative estimate of drug-likeness (QED) is 0.900. The van der Waals surface area contributed by atoms with Crippen molar-refractivity contribution in [3.63, 3.8) is 0 Å². The number of aliphatic hydroxyl groups excluding tert-OH is 1. The highest BCUT2D eigenvalue weighted by Crippen LogP contribution is 2.29. The van der Waals surface area contributed by atoms with Gasteiger partial charge in [-0.25, -0.2) is 0 Å². The van der Waals surface area contributed by atoms with Crippen molar-refractivity contribution >= 4 is 5.91 Å². The summed E-state index contributed by atoms with van der Waals surface area (Å²) in [5, 5.41) is 9.69. The summed E-state index contributed by atoms with van der Waals surface area (Å²) in [4.78, 5) is 18.1. The number of aromatic nitrogens is 1. The number of hydrogen-bond donors (Lipinski definition) is 1. The van der Waals surface area contributed by atoms with Gasteiger partial charge in [0, 0.05) is 30.9 Å². The van der Waals surface area contributed by atoms with Gasteiger partial charge in [0.2, 0.25) is 5.91 Å². The Kier molecular flexibility index (Phi) is 4.20. The van der Waals surface area contributed by atoms with Crippen LogP contribution in [-0.2, 0) is 11.2 Å². The molecule has 19 heavy (non-hydrogen) atoms. The molecule has 0 spiro atoms. The first-order chi connectivity index (χ1) is 8.99. The van der Waals surface area contributed by atoms with E-state index in [1.807, 2.05) is 37.1 Å². The summed E-state index contributed by atoms with van der Waals surface area (Å²) in [7, 11) is 0. The van der Waals surface area contributed by atoms with Crippen molar-refractivity contribution in [2.24, 2.45) is 0 Å². The van der Waals surface area contributed by atoms with Crippen molar-refractivity contribution in [2.75, 3.05) is 6.54 Å². The molecule has 1 N–H and O–H groups in total. The van der Waals surface area contributed by atoms with Crippen LogP contribution in [0.2, 0.25) is 0 Å². The van der Waals surface area contributed by atoms with Gasteiger partial charge in [0.05, 0.1) is 6.10 Å². The monoisotopic (exact) mass is 262 g/mol. The van der Waals surface area contributed by atoms with E-state index in [-0.39, 0.29) is 17.6 Å². The van der Waals surface area contributed by atoms with Crippen LogP contribution in [0, 0.1) is 0 Å². The first kappa shape index (κ1) is 14.0. The maximum atomic E-state index is 12.2. The molecule has 0 bridgehead atoms. The molecule has 2 heterocycles. The Labute approximate surface area is 114 Å². The first-order valence-electron chi connectivity index (χ1n) is 6.86. The highest BCUT2D eigenvalue weighted by molar-refractivity contribution is 5.77. The number of aliphatic hydroxyl groups is 1. The van der Waals surface area contributed by atoms with Crippen molar-refractivity contribution in [1.82, 2.24) is 9.88 Å². The van der Waals surface area contributed by atoms with Crippen LogP contribution >= 0.6 is 0 Å². The Balaban J connectivity index is 1.82. The van der Waals surface area contributed by atoms with Crippen molar-refractivity contribution in [1.29, 1.82) is 0 Å². The molecule has 1 aliphatic rings. The third kappa shape index (κ3) is 3.53. The molecule has 1 atom stereocenters. The molecule has 1 aromatic rings. The standard InChI is InChI=1S/C15H22N2O2/c1-15(2)9-13(18)11-17(15)14(19)7-3-5-12-6-4-8-16-10-12/h4,6,8,10,13,18H,3,5,7,9,11H2,1-2H3. The van der Waals surface area contributed by atoms with Crippen LogP contribution in [0.15, 0.2) is 24.5 Å². The van der Waals surface area contributed by atoms with E-state index >= 15 is 0 Å². The molecule has 0 aromatic carbocycles. The van der Waals surface area contributed by atoms with Gasteiger partial charge in [-0.2, -0.15) is 0 Å². The number of pyridine rings is 1. The average molecular weight is 262 g/mol. The molecular weight excluding hydrogens is 240 g/mol. The van der Waals surface area contributed by atoms with Crippen LogP contribution in [0.5, 0.6) is 0 Å². The van der Waals surface area contributed by atoms with Gasteiger partial charge in [0.1, 0.15) is 0 Å². The Bertz CT molecular complexity index is 431. The lowest BCUT2D eigenvalue weighted by Gasteiger charge is -2.31. The van der Waals surface area contributed by atoms with E-state index in [0.717, 1.165) is 18.4 Å². The van der Waals surface area contributed by atoms with E-state index in [1.165, 1.54) is 0 Å². The molecule has 1 unspecified atom stereocenters. The number of likely N-dealkylation sites (tertiary alicyclic amines) is 1. The van der Waals surface area contributed by atoms with Crippen LogP contribution in [-0.4, -0.2) is 39.1 Å². The molecule has 1 fully saturated rings. The van der Waals surface area contributed by atoms with Gasteiger partial charge in [-0.3, -0.25) is 9.78 Å². The molecule has 0 radical (unpaired) electrons. The Morgan fingerprint density at radius 2 is 2.37 bits per heavy atom. The Hall–Kier alpha value is -1.42. The molecule has 0 aliphatic carbocycles. The second kappa shape index (κ2) is 5.70. The van der Waals surface area contributed by atoms with E-state index in [9.17, 15) is 9.90 Å². The molecule has 0 saturated carbocycles. The molecule has 4 nitrogen and oxygen atoms in total. The maximum Gasteiger partial charge on any atom is 0.223 e. The van der Waals surface area contributed by atoms with E-state index in [4.69, 9.17) is 0 Å². The number of rotatable bonds is 4. The molecule has 1 aliphatic heterocycles. The summed E-state index contributed by atoms with van der Waals surface area (Å²) in [6.45, 7) is 4.50. The number of carbonyl (C=O) groups excluding carboxylic acids is 1. The van der Waals surface area contributed by atoms with Gasteiger partial charge in [0.15, 0.2) is 0 Å². The summed E-state index contributed by atoms with van der Waals surface area (Å²) < 4.78 is 0. The normalized spacial score (nSPS) is 21.6. The van der Waals surface area contributed by atoms with Gasteiger partial charge in [-0.15, -0.1) is 0 Å². The zero-order chi connectivity index (χ0) is 13.9. The number of aryl methyl sites for hydroxylation is 1. The van der Waals surface area contributed by atoms with Crippen LogP contribution in [0.1, 0.15) is 38.7 Å². The lowest BCUT2D eigenvalue weighted by Crippen LogP contribution is -2.42. The average Bonchev–Trinajstić information content (AvgIpc) is 2.64. The molecule has 1 saturated heterocycles. The summed E-state index contributed by atoms with van der Waals surface area (Å²) >= 11 is 0. The molecule has 104 valence electrons. The van der Waals surface area contributed by atoms with Crippen LogP contribution in [0.4, 0.5) is 0 Å². The Morgan fingerprint density at radius 3 is 2.95 bits per heavy atom. The second-order valence-corrected chi connectivity index (χ2v) is 5.89. The minimum atomic E-state index is -0.378. The van der Waals surface area contributed by atoms with Crippen molar-refractivity contribution < 1.29 is 9.90 Å². The molecule has 4 heteroatoms. The highest BCUT2D eigenvalue weighted by Gasteiger charge is 2.39. The third-order valence-corrected chi connectivity index (χ3v) is 3.74. The molecule has 1 aromatic heterocycles. The predicted molar refractivity (Wildman–Crippen MR) is 73.6 cm³/mol. The van der Waals surface area contributed by atoms with Crippen LogP contribution in [0.25, 0.3) is 0 Å². The van der Waals surface area contributed by atoms with Gasteiger partial charge in [-0.05, 0) is 44.7 Å². The zero-order valence-corrected chi connectivity index (χ0v) is 11.7. The predicted octanol–water partition coefficient (Wildman–Crippen LogP) is 1.78. The van der Waals surface area contributed by atoms with Crippen molar-refractivity contribution in [2.45, 2.75) is 51.2 Å². The van der Waals surface area contributed by atoms with Gasteiger partial charge in [-0.1, -0.05) is 6.07 Å². The van der Waals surface area contributed by atoms with Gasteiger partial charge in [0.25, 0.3) is 0 Å². The van der Waals surface area contributed by atoms with E-state index in [2.05, 4.69) is 4.98 Å². The summed E-state index contributed by atoms with van der Waals surface area (Å²) in [5.74, 6) is 0.144. The number of β-amino-alcohol motifs (C(OH)–C–C–N with tert-alkyl or cyclic N) is 1. The lowest BCUT2D eigenvalue weighted by molar-refractivity contribution is -0.134. The topological polar surface area (TPSA) is 53.4 Å². The van der Waals surface area contributed by atoms with E-state index in [1.54, 1.807) is 6.20 Å². The number of carbonyl (C=O) groups is 1. The molecular formula is C15H22N2O2. The molecule has 1 amide bonds. The zero-order valence-electron chi connectivity index (χ0n) is 11.7. The van der Waals surface area contributed by atoms with E-state index in [0.29, 0.717) is 19.4 Å². The number of hydrogen-bond acceptors (Lipinski definition) is 3. The minimum absolute atomic E-state index is 0.144. The lowest BCUT2D eigenvalue weighted by atomic mass is 10.0. The van der Waals surface area contributed by atoms with Gasteiger partial charge < -0.3 is 10.0 Å². The van der Waals surface area contributed by atoms with Crippen LogP contribution in [0.3, 0.4) is 0 Å². The largest absolute Gasteiger partial charge is 0.391 e. The maximum absolute atomic E-state index is 12.2. The molecule has 2 rings (SSSR count). The summed E-state index contributed by atoms with van der Waals surface area (Å²) in [5.41, 5.74) is 0.946. The number of amides is 1. The fourth-order valence-corrected chi connectivity index (χ4v) is 2.77. The van der Waals surface area contributed by atoms with Crippen molar-refractivity contribution in [3.8, 4) is 0 Å². The number of nitrogens with zero attached hydrogens (tertiary/aromatic N) is 2. The SMILES string of the molecule is CC1(C)CC(O)CN1C(=O)CCCc1cccnc1. The van der Waals surface area contributed by atoms with Gasteiger partial charge >= 0.3 is 0 Å². The first-order valence-corrected chi connectivity index (χ1v) is 6.86. The highest BCUT2D eigenvalue weighted by atomic mass is 16.3. The fourth-order valence-electron chi connectivity index (χ4n) is 2.77. The Morgan fingerprint density at radius 1 is 1.58 bits per heavy atom. The fraction of sp³-hybridized carbons (Fsp3) is 0.600.